The first-order valence-electron chi connectivity index (χ1n) is 11.0. The van der Waals surface area contributed by atoms with Crippen LogP contribution in [0.3, 0.4) is 0 Å². The normalized spacial score (nSPS) is 39.9. The summed E-state index contributed by atoms with van der Waals surface area (Å²) in [7, 11) is 0. The summed E-state index contributed by atoms with van der Waals surface area (Å²) in [5.41, 5.74) is 2.05. The van der Waals surface area contributed by atoms with Crippen LogP contribution in [0.1, 0.15) is 75.8 Å². The fourth-order valence-electron chi connectivity index (χ4n) is 7.39. The van der Waals surface area contributed by atoms with Gasteiger partial charge in [0.2, 0.25) is 0 Å². The van der Waals surface area contributed by atoms with Gasteiger partial charge < -0.3 is 14.6 Å². The summed E-state index contributed by atoms with van der Waals surface area (Å²) in [5.74, 6) is 1.10. The maximum absolute atomic E-state index is 12.1. The first-order valence-corrected chi connectivity index (χ1v) is 11.0. The molecule has 5 heterocycles. The molecule has 1 aromatic carbocycles. The van der Waals surface area contributed by atoms with Crippen LogP contribution in [0.5, 0.6) is 5.75 Å². The van der Waals surface area contributed by atoms with Gasteiger partial charge in [0.15, 0.2) is 6.10 Å². The molecule has 2 fully saturated rings. The Morgan fingerprint density at radius 1 is 1.14 bits per heavy atom. The monoisotopic (exact) mass is 398 g/mol. The highest BCUT2D eigenvalue weighted by Gasteiger charge is 2.63. The van der Waals surface area contributed by atoms with Gasteiger partial charge in [0.05, 0.1) is 0 Å². The van der Waals surface area contributed by atoms with Gasteiger partial charge in [0.1, 0.15) is 11.4 Å². The summed E-state index contributed by atoms with van der Waals surface area (Å²) in [6, 6.07) is 6.19. The number of fused-ring (bicyclic) bond motifs is 1. The van der Waals surface area contributed by atoms with Crippen LogP contribution in [0.4, 0.5) is 0 Å². The number of ether oxygens (including phenoxy) is 2. The maximum atomic E-state index is 12.1. The number of carbonyl (C=O) groups is 2. The molecule has 5 aliphatic heterocycles. The minimum Gasteiger partial charge on any atom is -0.479 e. The molecule has 9 rings (SSSR count). The van der Waals surface area contributed by atoms with E-state index in [2.05, 4.69) is 19.1 Å². The summed E-state index contributed by atoms with van der Waals surface area (Å²) < 4.78 is 12.1. The highest BCUT2D eigenvalue weighted by atomic mass is 16.6. The SMILES string of the molecule is CC(=O)O[C@@]12CCC(C(=O)O)Oc3ccc4c(c3)CC[C@@H]3C4CC[C@@]1(C)[C@@H]3CC2. The number of hydrogen-bond acceptors (Lipinski definition) is 4. The van der Waals surface area contributed by atoms with E-state index >= 15 is 0 Å². The Morgan fingerprint density at radius 2 is 1.93 bits per heavy atom. The summed E-state index contributed by atoms with van der Waals surface area (Å²) in [5, 5.41) is 9.79. The molecule has 1 N–H and O–H groups in total. The second-order valence-corrected chi connectivity index (χ2v) is 9.84. The summed E-state index contributed by atoms with van der Waals surface area (Å²) >= 11 is 0. The van der Waals surface area contributed by atoms with E-state index in [9.17, 15) is 14.7 Å². The van der Waals surface area contributed by atoms with Crippen LogP contribution < -0.4 is 4.74 Å². The lowest BCUT2D eigenvalue weighted by Gasteiger charge is -2.54. The zero-order valence-electron chi connectivity index (χ0n) is 17.3. The van der Waals surface area contributed by atoms with Gasteiger partial charge in [-0.05, 0) is 92.4 Å². The molecule has 8 bridgehead atoms. The van der Waals surface area contributed by atoms with Gasteiger partial charge in [0.25, 0.3) is 0 Å². The van der Waals surface area contributed by atoms with Gasteiger partial charge in [-0.15, -0.1) is 0 Å². The number of rotatable bonds is 2. The average molecular weight is 398 g/mol. The Hall–Kier alpha value is -2.04. The van der Waals surface area contributed by atoms with Crippen molar-refractivity contribution in [3.8, 4) is 5.75 Å². The first kappa shape index (κ1) is 19.0. The molecule has 2 unspecified atom stereocenters. The van der Waals surface area contributed by atoms with E-state index in [1.165, 1.54) is 18.1 Å². The molecule has 0 spiro atoms. The zero-order chi connectivity index (χ0) is 20.4. The largest absolute Gasteiger partial charge is 0.479 e. The second-order valence-electron chi connectivity index (χ2n) is 9.84. The summed E-state index contributed by atoms with van der Waals surface area (Å²) in [4.78, 5) is 24.1. The van der Waals surface area contributed by atoms with Crippen molar-refractivity contribution in [1.29, 1.82) is 0 Å². The van der Waals surface area contributed by atoms with Crippen molar-refractivity contribution in [2.24, 2.45) is 17.3 Å². The predicted octanol–water partition coefficient (Wildman–Crippen LogP) is 4.47. The zero-order valence-corrected chi connectivity index (χ0v) is 17.3. The lowest BCUT2D eigenvalue weighted by Crippen LogP contribution is -2.53. The van der Waals surface area contributed by atoms with Crippen molar-refractivity contribution in [3.63, 3.8) is 0 Å². The number of carbonyl (C=O) groups excluding carboxylic acids is 1. The van der Waals surface area contributed by atoms with Gasteiger partial charge in [-0.3, -0.25) is 4.79 Å². The molecule has 3 aliphatic carbocycles. The molecule has 2 saturated carbocycles. The third-order valence-electron chi connectivity index (χ3n) is 8.69. The lowest BCUT2D eigenvalue weighted by atomic mass is 9.53. The van der Waals surface area contributed by atoms with Crippen LogP contribution >= 0.6 is 0 Å². The van der Waals surface area contributed by atoms with E-state index in [1.807, 2.05) is 6.07 Å². The minimum absolute atomic E-state index is 0.104. The Bertz CT molecular complexity index is 863. The molecule has 0 saturated heterocycles. The Labute approximate surface area is 171 Å². The second kappa shape index (κ2) is 6.48. The van der Waals surface area contributed by atoms with E-state index in [1.54, 1.807) is 0 Å². The van der Waals surface area contributed by atoms with Crippen LogP contribution in [0.25, 0.3) is 0 Å². The standard InChI is InChI=1S/C24H30O5/c1-14(25)29-24-11-8-20-19-5-3-15-13-16(28-21(9-12-24)22(26)27)4-6-17(15)18(19)7-10-23(20,24)2/h4,6,13,18-21H,3,5,7-12H2,1-2H3,(H,26,27)/t18?,19-,20-,21?,23+,24+/m1/s1. The number of esters is 1. The molecule has 5 heteroatoms. The van der Waals surface area contributed by atoms with Crippen LogP contribution in [-0.2, 0) is 20.7 Å². The maximum Gasteiger partial charge on any atom is 0.344 e. The van der Waals surface area contributed by atoms with Crippen molar-refractivity contribution < 1.29 is 24.2 Å². The third kappa shape index (κ3) is 2.72. The minimum atomic E-state index is -0.958. The Kier molecular flexibility index (Phi) is 4.24. The molecular formula is C24H30O5. The summed E-state index contributed by atoms with van der Waals surface area (Å²) in [6.07, 6.45) is 6.12. The van der Waals surface area contributed by atoms with E-state index in [0.717, 1.165) is 38.5 Å². The molecule has 0 aromatic heterocycles. The van der Waals surface area contributed by atoms with Crippen LogP contribution in [0.2, 0.25) is 0 Å². The smallest absolute Gasteiger partial charge is 0.344 e. The Balaban J connectivity index is 1.64. The van der Waals surface area contributed by atoms with E-state index in [0.29, 0.717) is 36.3 Å². The van der Waals surface area contributed by atoms with E-state index in [4.69, 9.17) is 9.47 Å². The van der Waals surface area contributed by atoms with Gasteiger partial charge in [0, 0.05) is 12.3 Å². The van der Waals surface area contributed by atoms with Gasteiger partial charge >= 0.3 is 11.9 Å². The van der Waals surface area contributed by atoms with Crippen molar-refractivity contribution in [2.75, 3.05) is 0 Å². The third-order valence-corrected chi connectivity index (χ3v) is 8.69. The highest BCUT2D eigenvalue weighted by molar-refractivity contribution is 5.73. The van der Waals surface area contributed by atoms with Crippen molar-refractivity contribution in [2.45, 2.75) is 82.8 Å². The molecule has 1 aromatic rings. The summed E-state index contributed by atoms with van der Waals surface area (Å²) in [6.45, 7) is 3.79. The molecule has 156 valence electrons. The fourth-order valence-corrected chi connectivity index (χ4v) is 7.39. The van der Waals surface area contributed by atoms with Crippen LogP contribution in [0, 0.1) is 17.3 Å². The van der Waals surface area contributed by atoms with Gasteiger partial charge in [-0.2, -0.15) is 0 Å². The quantitative estimate of drug-likeness (QED) is 0.744. The fraction of sp³-hybridized carbons (Fsp3) is 0.667. The van der Waals surface area contributed by atoms with Crippen molar-refractivity contribution >= 4 is 11.9 Å². The van der Waals surface area contributed by atoms with Crippen molar-refractivity contribution in [3.05, 3.63) is 29.3 Å². The number of aliphatic carboxylic acids is 1. The number of benzene rings is 1. The van der Waals surface area contributed by atoms with Crippen LogP contribution in [0.15, 0.2) is 18.2 Å². The molecule has 8 aliphatic rings. The lowest BCUT2D eigenvalue weighted by molar-refractivity contribution is -0.181. The van der Waals surface area contributed by atoms with Crippen molar-refractivity contribution in [1.82, 2.24) is 0 Å². The van der Waals surface area contributed by atoms with E-state index in [-0.39, 0.29) is 11.4 Å². The highest BCUT2D eigenvalue weighted by Crippen LogP contribution is 2.66. The molecule has 0 radical (unpaired) electrons. The predicted molar refractivity (Wildman–Crippen MR) is 107 cm³/mol. The molecule has 0 amide bonds. The van der Waals surface area contributed by atoms with Gasteiger partial charge in [-0.25, -0.2) is 4.79 Å². The van der Waals surface area contributed by atoms with E-state index < -0.39 is 17.7 Å². The van der Waals surface area contributed by atoms with Crippen LogP contribution in [-0.4, -0.2) is 28.8 Å². The number of carboxylic acid groups (broad SMARTS) is 1. The number of hydrogen-bond donors (Lipinski definition) is 1. The topological polar surface area (TPSA) is 72.8 Å². The molecule has 6 atom stereocenters. The Morgan fingerprint density at radius 3 is 2.69 bits per heavy atom. The number of aryl methyl sites for hydroxylation is 1. The van der Waals surface area contributed by atoms with Gasteiger partial charge in [-0.1, -0.05) is 13.0 Å². The average Bonchev–Trinajstić information content (AvgIpc) is 2.96. The first-order chi connectivity index (χ1) is 13.8. The molecular weight excluding hydrogens is 368 g/mol. The number of carboxylic acids is 1. The molecule has 29 heavy (non-hydrogen) atoms. The molecule has 5 nitrogen and oxygen atoms in total.